The molecule has 0 aliphatic heterocycles. The van der Waals surface area contributed by atoms with Gasteiger partial charge in [-0.3, -0.25) is 0 Å². The van der Waals surface area contributed by atoms with E-state index in [1.807, 2.05) is 45.0 Å². The fourth-order valence-corrected chi connectivity index (χ4v) is 1.89. The maximum Gasteiger partial charge on any atom is 0.317 e. The van der Waals surface area contributed by atoms with E-state index < -0.39 is 0 Å². The van der Waals surface area contributed by atoms with Gasteiger partial charge in [0.1, 0.15) is 6.54 Å². The molecule has 0 spiro atoms. The second kappa shape index (κ2) is 6.88. The Bertz CT molecular complexity index is 592. The number of hydrogen-bond acceptors (Lipinski definition) is 4. The third kappa shape index (κ3) is 3.81. The van der Waals surface area contributed by atoms with E-state index in [1.165, 1.54) is 5.56 Å². The summed E-state index contributed by atoms with van der Waals surface area (Å²) < 4.78 is 5.23. The van der Waals surface area contributed by atoms with Gasteiger partial charge in [-0.05, 0) is 20.8 Å². The first-order valence-corrected chi connectivity index (χ1v) is 7.06. The van der Waals surface area contributed by atoms with E-state index in [4.69, 9.17) is 4.52 Å². The predicted molar refractivity (Wildman–Crippen MR) is 79.6 cm³/mol. The topological polar surface area (TPSA) is 71.3 Å². The largest absolute Gasteiger partial charge is 0.338 e. The fraction of sp³-hybridized carbons (Fsp3) is 0.400. The predicted octanol–water partition coefficient (Wildman–Crippen LogP) is 2.60. The molecule has 0 radical (unpaired) electrons. The van der Waals surface area contributed by atoms with Crippen LogP contribution in [-0.4, -0.2) is 34.2 Å². The van der Waals surface area contributed by atoms with Crippen molar-refractivity contribution in [2.75, 3.05) is 13.1 Å². The summed E-state index contributed by atoms with van der Waals surface area (Å²) in [6.07, 6.45) is 0. The minimum absolute atomic E-state index is 0.130. The summed E-state index contributed by atoms with van der Waals surface area (Å²) in [7, 11) is 0. The van der Waals surface area contributed by atoms with Crippen molar-refractivity contribution >= 4 is 6.03 Å². The molecule has 2 rings (SSSR count). The maximum absolute atomic E-state index is 11.8. The molecule has 6 nitrogen and oxygen atoms in total. The number of rotatable bonds is 5. The molecule has 2 amide bonds. The van der Waals surface area contributed by atoms with Gasteiger partial charge in [-0.1, -0.05) is 35.0 Å². The van der Waals surface area contributed by atoms with Gasteiger partial charge in [-0.2, -0.15) is 4.98 Å². The van der Waals surface area contributed by atoms with Crippen LogP contribution in [0.5, 0.6) is 0 Å². The van der Waals surface area contributed by atoms with Crippen LogP contribution < -0.4 is 5.32 Å². The summed E-state index contributed by atoms with van der Waals surface area (Å²) in [6.45, 7) is 7.29. The molecule has 0 aliphatic carbocycles. The molecule has 0 atom stereocenters. The van der Waals surface area contributed by atoms with E-state index >= 15 is 0 Å². The highest BCUT2D eigenvalue weighted by atomic mass is 16.5. The molecule has 1 aromatic carbocycles. The van der Waals surface area contributed by atoms with Crippen LogP contribution in [0, 0.1) is 6.92 Å². The van der Waals surface area contributed by atoms with Crippen molar-refractivity contribution in [2.24, 2.45) is 0 Å². The average Bonchev–Trinajstić information content (AvgIpc) is 2.94. The molecule has 0 saturated heterocycles. The zero-order chi connectivity index (χ0) is 15.2. The second-order valence-corrected chi connectivity index (χ2v) is 4.73. The Morgan fingerprint density at radius 1 is 1.29 bits per heavy atom. The smallest absolute Gasteiger partial charge is 0.317 e. The van der Waals surface area contributed by atoms with Gasteiger partial charge in [-0.15, -0.1) is 0 Å². The van der Waals surface area contributed by atoms with Crippen molar-refractivity contribution < 1.29 is 9.32 Å². The standard InChI is InChI=1S/C15H20N4O2/c1-4-16-15(20)19(5-2)10-13-17-14(18-21-13)12-8-6-11(3)7-9-12/h6-9H,4-5,10H2,1-3H3,(H,16,20). The van der Waals surface area contributed by atoms with E-state index in [2.05, 4.69) is 15.5 Å². The third-order valence-corrected chi connectivity index (χ3v) is 3.10. The van der Waals surface area contributed by atoms with E-state index in [9.17, 15) is 4.79 Å². The Kier molecular flexibility index (Phi) is 4.92. The number of nitrogens with one attached hydrogen (secondary N) is 1. The molecule has 1 heterocycles. The molecule has 0 aliphatic rings. The van der Waals surface area contributed by atoms with Crippen molar-refractivity contribution in [1.29, 1.82) is 0 Å². The molecule has 0 bridgehead atoms. The summed E-state index contributed by atoms with van der Waals surface area (Å²) in [6, 6.07) is 7.77. The second-order valence-electron chi connectivity index (χ2n) is 4.73. The number of nitrogens with zero attached hydrogens (tertiary/aromatic N) is 3. The molecule has 6 heteroatoms. The monoisotopic (exact) mass is 288 g/mol. The Hall–Kier alpha value is -2.37. The van der Waals surface area contributed by atoms with Crippen molar-refractivity contribution in [3.05, 3.63) is 35.7 Å². The number of carbonyl (C=O) groups is 1. The van der Waals surface area contributed by atoms with Gasteiger partial charge in [0.2, 0.25) is 11.7 Å². The van der Waals surface area contributed by atoms with E-state index in [0.717, 1.165) is 5.56 Å². The zero-order valence-electron chi connectivity index (χ0n) is 12.6. The minimum atomic E-state index is -0.130. The highest BCUT2D eigenvalue weighted by molar-refractivity contribution is 5.73. The van der Waals surface area contributed by atoms with Crippen LogP contribution >= 0.6 is 0 Å². The number of urea groups is 1. The maximum atomic E-state index is 11.8. The lowest BCUT2D eigenvalue weighted by molar-refractivity contribution is 0.190. The third-order valence-electron chi connectivity index (χ3n) is 3.10. The van der Waals surface area contributed by atoms with E-state index in [1.54, 1.807) is 4.90 Å². The van der Waals surface area contributed by atoms with Gasteiger partial charge in [0.15, 0.2) is 0 Å². The number of hydrogen-bond donors (Lipinski definition) is 1. The Balaban J connectivity index is 2.08. The average molecular weight is 288 g/mol. The fourth-order valence-electron chi connectivity index (χ4n) is 1.89. The van der Waals surface area contributed by atoms with Gasteiger partial charge < -0.3 is 14.7 Å². The van der Waals surface area contributed by atoms with Gasteiger partial charge >= 0.3 is 6.03 Å². The van der Waals surface area contributed by atoms with Crippen LogP contribution in [0.4, 0.5) is 4.79 Å². The quantitative estimate of drug-likeness (QED) is 0.918. The molecule has 0 unspecified atom stereocenters. The van der Waals surface area contributed by atoms with E-state index in [-0.39, 0.29) is 6.03 Å². The zero-order valence-corrected chi connectivity index (χ0v) is 12.6. The van der Waals surface area contributed by atoms with E-state index in [0.29, 0.717) is 31.3 Å². The summed E-state index contributed by atoms with van der Waals surface area (Å²) in [5.74, 6) is 0.968. The first-order valence-electron chi connectivity index (χ1n) is 7.06. The molecular weight excluding hydrogens is 268 g/mol. The summed E-state index contributed by atoms with van der Waals surface area (Å²) in [4.78, 5) is 17.8. The van der Waals surface area contributed by atoms with Gasteiger partial charge in [0, 0.05) is 18.7 Å². The molecule has 21 heavy (non-hydrogen) atoms. The lowest BCUT2D eigenvalue weighted by Crippen LogP contribution is -2.39. The highest BCUT2D eigenvalue weighted by Crippen LogP contribution is 2.16. The van der Waals surface area contributed by atoms with Crippen molar-refractivity contribution in [1.82, 2.24) is 20.4 Å². The summed E-state index contributed by atoms with van der Waals surface area (Å²) >= 11 is 0. The van der Waals surface area contributed by atoms with Crippen LogP contribution in [0.15, 0.2) is 28.8 Å². The lowest BCUT2D eigenvalue weighted by atomic mass is 10.1. The number of aromatic nitrogens is 2. The molecule has 0 saturated carbocycles. The first-order chi connectivity index (χ1) is 10.1. The lowest BCUT2D eigenvalue weighted by Gasteiger charge is -2.18. The molecule has 0 fully saturated rings. The summed E-state index contributed by atoms with van der Waals surface area (Å²) in [5.41, 5.74) is 2.08. The molecular formula is C15H20N4O2. The molecule has 1 aromatic heterocycles. The number of amides is 2. The van der Waals surface area contributed by atoms with Crippen LogP contribution in [0.2, 0.25) is 0 Å². The van der Waals surface area contributed by atoms with Crippen LogP contribution in [-0.2, 0) is 6.54 Å². The Morgan fingerprint density at radius 2 is 2.00 bits per heavy atom. The number of aryl methyl sites for hydroxylation is 1. The van der Waals surface area contributed by atoms with Gasteiger partial charge in [-0.25, -0.2) is 4.79 Å². The Morgan fingerprint density at radius 3 is 2.62 bits per heavy atom. The van der Waals surface area contributed by atoms with Crippen molar-refractivity contribution in [3.63, 3.8) is 0 Å². The number of carbonyl (C=O) groups excluding carboxylic acids is 1. The van der Waals surface area contributed by atoms with Crippen molar-refractivity contribution in [2.45, 2.75) is 27.3 Å². The Labute approximate surface area is 124 Å². The van der Waals surface area contributed by atoms with Gasteiger partial charge in [0.25, 0.3) is 0 Å². The molecule has 1 N–H and O–H groups in total. The minimum Gasteiger partial charge on any atom is -0.338 e. The van der Waals surface area contributed by atoms with Crippen molar-refractivity contribution in [3.8, 4) is 11.4 Å². The van der Waals surface area contributed by atoms with Crippen LogP contribution in [0.1, 0.15) is 25.3 Å². The SMILES string of the molecule is CCNC(=O)N(CC)Cc1nc(-c2ccc(C)cc2)no1. The molecule has 112 valence electrons. The highest BCUT2D eigenvalue weighted by Gasteiger charge is 2.15. The van der Waals surface area contributed by atoms with Gasteiger partial charge in [0.05, 0.1) is 0 Å². The normalized spacial score (nSPS) is 10.4. The van der Waals surface area contributed by atoms with Crippen LogP contribution in [0.25, 0.3) is 11.4 Å². The summed E-state index contributed by atoms with van der Waals surface area (Å²) in [5, 5.41) is 6.72. The number of benzene rings is 1. The molecule has 2 aromatic rings. The first kappa shape index (κ1) is 15.0. The van der Waals surface area contributed by atoms with Crippen LogP contribution in [0.3, 0.4) is 0 Å².